The first-order chi connectivity index (χ1) is 13.5. The number of rotatable bonds is 7. The first-order valence-corrected chi connectivity index (χ1v) is 8.70. The van der Waals surface area contributed by atoms with Gasteiger partial charge in [-0.15, -0.1) is 0 Å². The van der Waals surface area contributed by atoms with Crippen LogP contribution in [0, 0.1) is 6.92 Å². The van der Waals surface area contributed by atoms with Gasteiger partial charge < -0.3 is 9.47 Å². The zero-order valence-corrected chi connectivity index (χ0v) is 16.0. The van der Waals surface area contributed by atoms with Crippen molar-refractivity contribution in [1.82, 2.24) is 15.2 Å². The van der Waals surface area contributed by atoms with Gasteiger partial charge in [0.15, 0.2) is 17.3 Å². The van der Waals surface area contributed by atoms with Crippen LogP contribution in [0.5, 0.6) is 11.5 Å². The fourth-order valence-electron chi connectivity index (χ4n) is 2.34. The van der Waals surface area contributed by atoms with Gasteiger partial charge in [-0.3, -0.25) is 5.43 Å². The third kappa shape index (κ3) is 5.08. The maximum absolute atomic E-state index is 11.2. The molecule has 0 saturated carbocycles. The first-order valence-electron chi connectivity index (χ1n) is 8.33. The first kappa shape index (κ1) is 19.4. The quantitative estimate of drug-likeness (QED) is 0.467. The van der Waals surface area contributed by atoms with Crippen molar-refractivity contribution in [3.63, 3.8) is 0 Å². The van der Waals surface area contributed by atoms with Crippen molar-refractivity contribution in [2.75, 3.05) is 12.5 Å². The van der Waals surface area contributed by atoms with Crippen LogP contribution in [0.3, 0.4) is 0 Å². The average Bonchev–Trinajstić information content (AvgIpc) is 2.69. The second-order valence-corrected chi connectivity index (χ2v) is 6.21. The number of ether oxygens (including phenoxy) is 2. The molecule has 8 nitrogen and oxygen atoms in total. The van der Waals surface area contributed by atoms with E-state index in [-0.39, 0.29) is 5.82 Å². The number of benzene rings is 2. The summed E-state index contributed by atoms with van der Waals surface area (Å²) in [5.41, 5.74) is 4.40. The van der Waals surface area contributed by atoms with Crippen LogP contribution in [0.25, 0.3) is 0 Å². The zero-order valence-electron chi connectivity index (χ0n) is 15.3. The summed E-state index contributed by atoms with van der Waals surface area (Å²) in [5, 5.41) is 10.8. The summed E-state index contributed by atoms with van der Waals surface area (Å²) in [5.74, 6) is 1.45. The maximum atomic E-state index is 11.2. The van der Waals surface area contributed by atoms with Crippen LogP contribution in [0.15, 0.2) is 52.4 Å². The molecule has 2 N–H and O–H groups in total. The van der Waals surface area contributed by atoms with Crippen molar-refractivity contribution in [3.8, 4) is 11.5 Å². The van der Waals surface area contributed by atoms with Gasteiger partial charge in [0, 0.05) is 5.02 Å². The van der Waals surface area contributed by atoms with Crippen LogP contribution < -0.4 is 20.6 Å². The van der Waals surface area contributed by atoms with Gasteiger partial charge in [-0.1, -0.05) is 23.7 Å². The fourth-order valence-corrected chi connectivity index (χ4v) is 2.55. The van der Waals surface area contributed by atoms with Crippen molar-refractivity contribution < 1.29 is 9.47 Å². The summed E-state index contributed by atoms with van der Waals surface area (Å²) >= 11 is 5.99. The third-order valence-corrected chi connectivity index (χ3v) is 3.97. The van der Waals surface area contributed by atoms with Gasteiger partial charge in [0.2, 0.25) is 0 Å². The molecule has 0 aliphatic carbocycles. The van der Waals surface area contributed by atoms with Crippen LogP contribution >= 0.6 is 11.6 Å². The second kappa shape index (κ2) is 9.01. The van der Waals surface area contributed by atoms with Gasteiger partial charge in [0.25, 0.3) is 0 Å². The average molecular weight is 400 g/mol. The summed E-state index contributed by atoms with van der Waals surface area (Å²) in [4.78, 5) is 15.0. The molecule has 0 aliphatic heterocycles. The Morgan fingerprint density at radius 2 is 2.11 bits per heavy atom. The van der Waals surface area contributed by atoms with Crippen LogP contribution in [-0.2, 0) is 6.61 Å². The molecule has 3 aromatic rings. The molecule has 9 heteroatoms. The summed E-state index contributed by atoms with van der Waals surface area (Å²) in [7, 11) is 1.57. The molecule has 0 spiro atoms. The number of anilines is 1. The Morgan fingerprint density at radius 3 is 2.89 bits per heavy atom. The minimum absolute atomic E-state index is 0.286. The summed E-state index contributed by atoms with van der Waals surface area (Å²) in [6, 6.07) is 12.9. The minimum Gasteiger partial charge on any atom is -0.493 e. The Bertz CT molecular complexity index is 1050. The van der Waals surface area contributed by atoms with Gasteiger partial charge in [-0.2, -0.15) is 15.2 Å². The van der Waals surface area contributed by atoms with Gasteiger partial charge in [0.05, 0.1) is 13.3 Å². The monoisotopic (exact) mass is 399 g/mol. The van der Waals surface area contributed by atoms with Gasteiger partial charge in [-0.25, -0.2) is 9.89 Å². The predicted octanol–water partition coefficient (Wildman–Crippen LogP) is 3.16. The number of nitrogens with zero attached hydrogens (tertiary/aromatic N) is 3. The molecule has 0 unspecified atom stereocenters. The number of aromatic nitrogens is 3. The summed E-state index contributed by atoms with van der Waals surface area (Å²) in [6.45, 7) is 2.07. The third-order valence-electron chi connectivity index (χ3n) is 3.73. The van der Waals surface area contributed by atoms with E-state index in [1.165, 1.54) is 0 Å². The van der Waals surface area contributed by atoms with Gasteiger partial charge in [-0.05, 0) is 48.4 Å². The number of nitrogens with one attached hydrogen (secondary N) is 2. The molecule has 3 rings (SSSR count). The van der Waals surface area contributed by atoms with E-state index in [4.69, 9.17) is 21.1 Å². The molecule has 0 fully saturated rings. The van der Waals surface area contributed by atoms with Crippen LogP contribution in [0.1, 0.15) is 16.8 Å². The van der Waals surface area contributed by atoms with E-state index in [2.05, 4.69) is 25.7 Å². The number of halogens is 1. The number of methoxy groups -OCH3 is 1. The molecule has 28 heavy (non-hydrogen) atoms. The minimum atomic E-state index is -0.550. The SMILES string of the molecule is COc1cc(/C=N/Nc2nc(=O)[nH]nc2C)ccc1OCc1cccc(Cl)c1. The molecule has 2 aromatic carbocycles. The van der Waals surface area contributed by atoms with E-state index in [9.17, 15) is 4.79 Å². The lowest BCUT2D eigenvalue weighted by Crippen LogP contribution is -2.15. The van der Waals surface area contributed by atoms with Crippen molar-refractivity contribution >= 4 is 23.6 Å². The lowest BCUT2D eigenvalue weighted by Gasteiger charge is -2.11. The topological polar surface area (TPSA) is 101 Å². The van der Waals surface area contributed by atoms with Crippen molar-refractivity contribution in [1.29, 1.82) is 0 Å². The Hall–Kier alpha value is -3.39. The Kier molecular flexibility index (Phi) is 6.23. The van der Waals surface area contributed by atoms with Crippen molar-refractivity contribution in [2.24, 2.45) is 5.10 Å². The molecule has 0 bridgehead atoms. The van der Waals surface area contributed by atoms with E-state index in [1.807, 2.05) is 30.3 Å². The Labute approximate surface area is 166 Å². The molecule has 0 amide bonds. The standard InChI is InChI=1S/C19H18ClN5O3/c1-12-18(22-19(26)25-23-12)24-21-10-13-6-7-16(17(9-13)27-2)28-11-14-4-3-5-15(20)8-14/h3-10H,11H2,1-2H3,(H2,22,24,25,26)/b21-10+. The molecule has 144 valence electrons. The maximum Gasteiger partial charge on any atom is 0.363 e. The predicted molar refractivity (Wildman–Crippen MR) is 107 cm³/mol. The van der Waals surface area contributed by atoms with E-state index in [0.29, 0.717) is 28.8 Å². The van der Waals surface area contributed by atoms with Gasteiger partial charge >= 0.3 is 5.69 Å². The Balaban J connectivity index is 1.68. The fraction of sp³-hybridized carbons (Fsp3) is 0.158. The van der Waals surface area contributed by atoms with Crippen molar-refractivity contribution in [3.05, 3.63) is 74.8 Å². The highest BCUT2D eigenvalue weighted by molar-refractivity contribution is 6.30. The van der Waals surface area contributed by atoms with Crippen LogP contribution in [-0.4, -0.2) is 28.5 Å². The van der Waals surface area contributed by atoms with E-state index in [0.717, 1.165) is 11.1 Å². The molecule has 1 aromatic heterocycles. The number of hydrogen-bond acceptors (Lipinski definition) is 7. The molecular weight excluding hydrogens is 382 g/mol. The van der Waals surface area contributed by atoms with Gasteiger partial charge in [0.1, 0.15) is 12.3 Å². The number of aryl methyl sites for hydroxylation is 1. The second-order valence-electron chi connectivity index (χ2n) is 5.77. The van der Waals surface area contributed by atoms with E-state index < -0.39 is 5.69 Å². The highest BCUT2D eigenvalue weighted by Gasteiger charge is 2.06. The molecule has 0 atom stereocenters. The number of H-pyrrole nitrogens is 1. The summed E-state index contributed by atoms with van der Waals surface area (Å²) in [6.07, 6.45) is 1.57. The number of hydrogen-bond donors (Lipinski definition) is 2. The molecule has 0 saturated heterocycles. The highest BCUT2D eigenvalue weighted by Crippen LogP contribution is 2.28. The largest absolute Gasteiger partial charge is 0.493 e. The lowest BCUT2D eigenvalue weighted by atomic mass is 10.2. The number of hydrazone groups is 1. The zero-order chi connectivity index (χ0) is 19.9. The van der Waals surface area contributed by atoms with Crippen LogP contribution in [0.4, 0.5) is 5.82 Å². The van der Waals surface area contributed by atoms with E-state index in [1.54, 1.807) is 32.4 Å². The summed E-state index contributed by atoms with van der Waals surface area (Å²) < 4.78 is 11.2. The van der Waals surface area contributed by atoms with Crippen LogP contribution in [0.2, 0.25) is 5.02 Å². The highest BCUT2D eigenvalue weighted by atomic mass is 35.5. The smallest absolute Gasteiger partial charge is 0.363 e. The molecule has 0 radical (unpaired) electrons. The lowest BCUT2D eigenvalue weighted by molar-refractivity contribution is 0.284. The molecular formula is C19H18ClN5O3. The number of aromatic amines is 1. The molecule has 0 aliphatic rings. The normalized spacial score (nSPS) is 10.8. The van der Waals surface area contributed by atoms with Crippen molar-refractivity contribution in [2.45, 2.75) is 13.5 Å². The Morgan fingerprint density at radius 1 is 1.25 bits per heavy atom. The van der Waals surface area contributed by atoms with E-state index >= 15 is 0 Å². The molecule has 1 heterocycles.